The fraction of sp³-hybridized carbons (Fsp3) is 0.391. The molecule has 0 amide bonds. The third-order valence-electron chi connectivity index (χ3n) is 5.79. The summed E-state index contributed by atoms with van der Waals surface area (Å²) < 4.78 is 7.27. The van der Waals surface area contributed by atoms with E-state index in [1.54, 1.807) is 10.8 Å². The van der Waals surface area contributed by atoms with Crippen molar-refractivity contribution >= 4 is 17.5 Å². The molecule has 0 atom stereocenters. The second-order valence-corrected chi connectivity index (χ2v) is 8.41. The molecule has 0 unspecified atom stereocenters. The van der Waals surface area contributed by atoms with Gasteiger partial charge in [0.05, 0.1) is 24.4 Å². The summed E-state index contributed by atoms with van der Waals surface area (Å²) in [6.07, 6.45) is 7.30. The molecule has 4 aromatic rings. The molecule has 5 rings (SSSR count). The Morgan fingerprint density at radius 3 is 2.66 bits per heavy atom. The van der Waals surface area contributed by atoms with Crippen LogP contribution < -0.4 is 10.6 Å². The minimum Gasteiger partial charge on any atom is -0.381 e. The fourth-order valence-electron chi connectivity index (χ4n) is 3.90. The van der Waals surface area contributed by atoms with Gasteiger partial charge >= 0.3 is 0 Å². The van der Waals surface area contributed by atoms with Crippen LogP contribution >= 0.6 is 0 Å². The Labute approximate surface area is 186 Å². The predicted molar refractivity (Wildman–Crippen MR) is 124 cm³/mol. The van der Waals surface area contributed by atoms with Crippen LogP contribution in [0.1, 0.15) is 43.7 Å². The number of anilines is 2. The van der Waals surface area contributed by atoms with E-state index in [9.17, 15) is 0 Å². The Bertz CT molecular complexity index is 1160. The van der Waals surface area contributed by atoms with Crippen LogP contribution in [0.15, 0.2) is 43.0 Å². The highest BCUT2D eigenvalue weighted by Gasteiger charge is 2.18. The number of imidazole rings is 1. The number of aromatic nitrogens is 6. The van der Waals surface area contributed by atoms with Crippen LogP contribution in [0.3, 0.4) is 0 Å². The summed E-state index contributed by atoms with van der Waals surface area (Å²) in [4.78, 5) is 16.8. The molecule has 0 saturated carbocycles. The lowest BCUT2D eigenvalue weighted by atomic mass is 10.1. The minimum absolute atomic E-state index is 0.319. The molecule has 0 spiro atoms. The molecule has 0 radical (unpaired) electrons. The van der Waals surface area contributed by atoms with Crippen LogP contribution in [-0.2, 0) is 11.3 Å². The van der Waals surface area contributed by atoms with Crippen LogP contribution in [0.25, 0.3) is 16.9 Å². The first-order valence-electron chi connectivity index (χ1n) is 11.1. The smallest absolute Gasteiger partial charge is 0.229 e. The second kappa shape index (κ2) is 8.96. The maximum atomic E-state index is 5.48. The maximum Gasteiger partial charge on any atom is 0.229 e. The molecule has 0 bridgehead atoms. The lowest BCUT2D eigenvalue weighted by molar-refractivity contribution is 0.0903. The third kappa shape index (κ3) is 4.29. The van der Waals surface area contributed by atoms with E-state index >= 15 is 0 Å². The van der Waals surface area contributed by atoms with E-state index in [1.807, 2.05) is 12.4 Å². The van der Waals surface area contributed by atoms with Gasteiger partial charge in [-0.3, -0.25) is 0 Å². The first-order chi connectivity index (χ1) is 15.7. The Hall–Kier alpha value is -3.46. The normalized spacial score (nSPS) is 14.8. The van der Waals surface area contributed by atoms with Crippen molar-refractivity contribution in [3.05, 3.63) is 54.1 Å². The molecule has 9 nitrogen and oxygen atoms in total. The topological polar surface area (TPSA) is 105 Å². The van der Waals surface area contributed by atoms with Crippen molar-refractivity contribution in [2.75, 3.05) is 23.8 Å². The molecule has 9 heteroatoms. The van der Waals surface area contributed by atoms with Crippen LogP contribution in [0.4, 0.5) is 11.9 Å². The molecule has 1 saturated heterocycles. The van der Waals surface area contributed by atoms with Crippen molar-refractivity contribution < 1.29 is 4.74 Å². The number of rotatable bonds is 7. The summed E-state index contributed by atoms with van der Waals surface area (Å²) in [6.45, 7) is 6.47. The van der Waals surface area contributed by atoms with Crippen molar-refractivity contribution in [2.24, 2.45) is 0 Å². The number of aromatic amines is 1. The average molecular weight is 433 g/mol. The molecule has 32 heavy (non-hydrogen) atoms. The Morgan fingerprint density at radius 1 is 1.12 bits per heavy atom. The van der Waals surface area contributed by atoms with Crippen LogP contribution in [0.5, 0.6) is 0 Å². The van der Waals surface area contributed by atoms with Gasteiger partial charge in [0.25, 0.3) is 0 Å². The molecule has 4 heterocycles. The van der Waals surface area contributed by atoms with Gasteiger partial charge < -0.3 is 20.4 Å². The van der Waals surface area contributed by atoms with E-state index in [2.05, 4.69) is 63.8 Å². The average Bonchev–Trinajstić information content (AvgIpc) is 3.49. The lowest BCUT2D eigenvalue weighted by Crippen LogP contribution is -2.29. The molecule has 1 aliphatic heterocycles. The van der Waals surface area contributed by atoms with Gasteiger partial charge in [-0.1, -0.05) is 38.1 Å². The van der Waals surface area contributed by atoms with Crippen LogP contribution in [0, 0.1) is 0 Å². The molecule has 1 aromatic carbocycles. The van der Waals surface area contributed by atoms with E-state index < -0.39 is 0 Å². The fourth-order valence-corrected chi connectivity index (χ4v) is 3.90. The van der Waals surface area contributed by atoms with Gasteiger partial charge in [-0.05, 0) is 29.9 Å². The van der Waals surface area contributed by atoms with Gasteiger partial charge in [0, 0.05) is 31.4 Å². The van der Waals surface area contributed by atoms with E-state index in [0.717, 1.165) is 54.1 Å². The summed E-state index contributed by atoms with van der Waals surface area (Å²) in [5.74, 6) is 1.62. The van der Waals surface area contributed by atoms with Gasteiger partial charge in [-0.25, -0.2) is 4.98 Å². The molecule has 0 aliphatic carbocycles. The summed E-state index contributed by atoms with van der Waals surface area (Å²) in [5, 5.41) is 11.5. The number of nitrogens with one attached hydrogen (secondary N) is 3. The Morgan fingerprint density at radius 2 is 1.94 bits per heavy atom. The predicted octanol–water partition coefficient (Wildman–Crippen LogP) is 3.84. The summed E-state index contributed by atoms with van der Waals surface area (Å²) >= 11 is 0. The molecular weight excluding hydrogens is 404 g/mol. The monoisotopic (exact) mass is 432 g/mol. The van der Waals surface area contributed by atoms with Gasteiger partial charge in [0.15, 0.2) is 5.65 Å². The SMILES string of the molecule is CC(C)c1cnn2c(NCc3ccc(-c4cnc[nH]4)cc3)nc(NC3CCOCC3)nc12. The zero-order chi connectivity index (χ0) is 21.9. The molecule has 3 aromatic heterocycles. The number of H-pyrrole nitrogens is 1. The number of benzene rings is 1. The largest absolute Gasteiger partial charge is 0.381 e. The molecule has 1 fully saturated rings. The summed E-state index contributed by atoms with van der Waals surface area (Å²) in [5.41, 5.74) is 5.20. The van der Waals surface area contributed by atoms with Crippen molar-refractivity contribution in [3.8, 4) is 11.3 Å². The highest BCUT2D eigenvalue weighted by atomic mass is 16.5. The first-order valence-corrected chi connectivity index (χ1v) is 11.1. The van der Waals surface area contributed by atoms with E-state index in [0.29, 0.717) is 30.4 Å². The van der Waals surface area contributed by atoms with Crippen LogP contribution in [0.2, 0.25) is 0 Å². The Balaban J connectivity index is 1.39. The zero-order valence-electron chi connectivity index (χ0n) is 18.4. The van der Waals surface area contributed by atoms with Crippen molar-refractivity contribution in [1.29, 1.82) is 0 Å². The number of fused-ring (bicyclic) bond motifs is 1. The van der Waals surface area contributed by atoms with Crippen molar-refractivity contribution in [2.45, 2.75) is 45.2 Å². The Kier molecular flexibility index (Phi) is 5.72. The highest BCUT2D eigenvalue weighted by molar-refractivity contribution is 5.59. The third-order valence-corrected chi connectivity index (χ3v) is 5.79. The van der Waals surface area contributed by atoms with Gasteiger partial charge in [-0.2, -0.15) is 19.6 Å². The molecule has 1 aliphatic rings. The zero-order valence-corrected chi connectivity index (χ0v) is 18.4. The summed E-state index contributed by atoms with van der Waals surface area (Å²) in [6, 6.07) is 8.70. The van der Waals surface area contributed by atoms with Gasteiger partial charge in [0.1, 0.15) is 0 Å². The molecule has 3 N–H and O–H groups in total. The van der Waals surface area contributed by atoms with Crippen LogP contribution in [-0.4, -0.2) is 48.8 Å². The van der Waals surface area contributed by atoms with Gasteiger partial charge in [-0.15, -0.1) is 0 Å². The minimum atomic E-state index is 0.319. The van der Waals surface area contributed by atoms with Gasteiger partial charge in [0.2, 0.25) is 11.9 Å². The highest BCUT2D eigenvalue weighted by Crippen LogP contribution is 2.23. The van der Waals surface area contributed by atoms with E-state index in [4.69, 9.17) is 14.7 Å². The van der Waals surface area contributed by atoms with Crippen molar-refractivity contribution in [3.63, 3.8) is 0 Å². The standard InChI is InChI=1S/C23H28N8O/c1-15(2)19-12-27-31-21(19)29-22(28-18-7-9-32-10-8-18)30-23(31)25-11-16-3-5-17(6-4-16)20-13-24-14-26-20/h3-6,12-15,18H,7-11H2,1-2H3,(H,24,26)(H2,25,28,29,30). The maximum absolute atomic E-state index is 5.48. The van der Waals surface area contributed by atoms with E-state index in [1.165, 1.54) is 0 Å². The molecular formula is C23H28N8O. The second-order valence-electron chi connectivity index (χ2n) is 8.41. The lowest BCUT2D eigenvalue weighted by Gasteiger charge is -2.23. The molecule has 166 valence electrons. The van der Waals surface area contributed by atoms with E-state index in [-0.39, 0.29) is 0 Å². The van der Waals surface area contributed by atoms with Crippen molar-refractivity contribution in [1.82, 2.24) is 29.5 Å². The number of nitrogens with zero attached hydrogens (tertiary/aromatic N) is 5. The quantitative estimate of drug-likeness (QED) is 0.407. The summed E-state index contributed by atoms with van der Waals surface area (Å²) in [7, 11) is 0. The number of hydrogen-bond donors (Lipinski definition) is 3. The number of ether oxygens (including phenoxy) is 1. The number of hydrogen-bond acceptors (Lipinski definition) is 7. The first kappa shape index (κ1) is 20.4.